The zero-order valence-electron chi connectivity index (χ0n) is 11.8. The molecule has 0 bridgehead atoms. The molecule has 110 valence electrons. The second-order valence-electron chi connectivity index (χ2n) is 5.10. The number of anilines is 1. The van der Waals surface area contributed by atoms with Crippen molar-refractivity contribution < 1.29 is 9.53 Å². The number of halogens is 1. The Kier molecular flexibility index (Phi) is 3.83. The molecule has 0 spiro atoms. The molecule has 6 nitrogen and oxygen atoms in total. The number of benzene rings is 1. The van der Waals surface area contributed by atoms with Crippen molar-refractivity contribution in [1.29, 1.82) is 0 Å². The SMILES string of the molecule is CC(C)n1ncnc1CN1C(=O)COc2cc(I)ccc21. The van der Waals surface area contributed by atoms with Crippen molar-refractivity contribution in [2.45, 2.75) is 26.4 Å². The molecule has 0 aliphatic carbocycles. The van der Waals surface area contributed by atoms with Crippen molar-refractivity contribution in [2.24, 2.45) is 0 Å². The summed E-state index contributed by atoms with van der Waals surface area (Å²) in [6.07, 6.45) is 1.52. The van der Waals surface area contributed by atoms with Gasteiger partial charge in [0.15, 0.2) is 6.61 Å². The first-order valence-corrected chi connectivity index (χ1v) is 7.75. The largest absolute Gasteiger partial charge is 0.482 e. The molecule has 1 aliphatic heterocycles. The lowest BCUT2D eigenvalue weighted by atomic mass is 10.2. The number of hydrogen-bond acceptors (Lipinski definition) is 4. The molecule has 3 rings (SSSR count). The second kappa shape index (κ2) is 5.63. The van der Waals surface area contributed by atoms with E-state index < -0.39 is 0 Å². The third kappa shape index (κ3) is 2.74. The Morgan fingerprint density at radius 2 is 2.24 bits per heavy atom. The van der Waals surface area contributed by atoms with E-state index in [0.29, 0.717) is 6.54 Å². The summed E-state index contributed by atoms with van der Waals surface area (Å²) in [7, 11) is 0. The van der Waals surface area contributed by atoms with Gasteiger partial charge in [-0.2, -0.15) is 5.10 Å². The molecular weight excluding hydrogens is 383 g/mol. The predicted molar refractivity (Wildman–Crippen MR) is 86.3 cm³/mol. The topological polar surface area (TPSA) is 60.2 Å². The van der Waals surface area contributed by atoms with E-state index >= 15 is 0 Å². The number of ether oxygens (including phenoxy) is 1. The quantitative estimate of drug-likeness (QED) is 0.746. The Labute approximate surface area is 136 Å². The molecule has 0 fully saturated rings. The van der Waals surface area contributed by atoms with Gasteiger partial charge in [-0.1, -0.05) is 0 Å². The van der Waals surface area contributed by atoms with E-state index in [0.717, 1.165) is 20.8 Å². The number of carbonyl (C=O) groups is 1. The lowest BCUT2D eigenvalue weighted by molar-refractivity contribution is -0.121. The summed E-state index contributed by atoms with van der Waals surface area (Å²) in [4.78, 5) is 18.2. The number of fused-ring (bicyclic) bond motifs is 1. The van der Waals surface area contributed by atoms with E-state index in [4.69, 9.17) is 4.74 Å². The monoisotopic (exact) mass is 398 g/mol. The van der Waals surface area contributed by atoms with Crippen molar-refractivity contribution in [3.05, 3.63) is 33.9 Å². The molecule has 1 aromatic heterocycles. The molecule has 0 saturated carbocycles. The molecule has 0 saturated heterocycles. The normalized spacial score (nSPS) is 14.3. The number of aromatic nitrogens is 3. The van der Waals surface area contributed by atoms with Crippen LogP contribution in [0, 0.1) is 3.57 Å². The van der Waals surface area contributed by atoms with Gasteiger partial charge in [0.2, 0.25) is 0 Å². The molecule has 0 radical (unpaired) electrons. The highest BCUT2D eigenvalue weighted by Gasteiger charge is 2.27. The van der Waals surface area contributed by atoms with Crippen LogP contribution in [-0.4, -0.2) is 27.3 Å². The fourth-order valence-corrected chi connectivity index (χ4v) is 2.77. The first kappa shape index (κ1) is 14.3. The fourth-order valence-electron chi connectivity index (χ4n) is 2.31. The smallest absolute Gasteiger partial charge is 0.265 e. The third-order valence-corrected chi connectivity index (χ3v) is 3.97. The van der Waals surface area contributed by atoms with E-state index in [2.05, 4.69) is 32.7 Å². The minimum Gasteiger partial charge on any atom is -0.482 e. The van der Waals surface area contributed by atoms with Gasteiger partial charge in [-0.3, -0.25) is 9.69 Å². The van der Waals surface area contributed by atoms with Crippen LogP contribution in [0.2, 0.25) is 0 Å². The van der Waals surface area contributed by atoms with E-state index in [1.54, 1.807) is 4.90 Å². The van der Waals surface area contributed by atoms with E-state index in [9.17, 15) is 4.79 Å². The molecule has 1 aromatic carbocycles. The van der Waals surface area contributed by atoms with Crippen molar-refractivity contribution in [2.75, 3.05) is 11.5 Å². The molecule has 2 aromatic rings. The first-order chi connectivity index (χ1) is 10.1. The Bertz CT molecular complexity index is 683. The first-order valence-electron chi connectivity index (χ1n) is 6.67. The minimum absolute atomic E-state index is 0.0584. The lowest BCUT2D eigenvalue weighted by Crippen LogP contribution is -2.39. The van der Waals surface area contributed by atoms with Crippen LogP contribution in [-0.2, 0) is 11.3 Å². The molecule has 2 heterocycles. The van der Waals surface area contributed by atoms with Crippen LogP contribution < -0.4 is 9.64 Å². The summed E-state index contributed by atoms with van der Waals surface area (Å²) in [5.41, 5.74) is 0.782. The number of nitrogens with zero attached hydrogens (tertiary/aromatic N) is 4. The van der Waals surface area contributed by atoms with Gasteiger partial charge in [-0.25, -0.2) is 9.67 Å². The molecule has 0 atom stereocenters. The van der Waals surface area contributed by atoms with Gasteiger partial charge in [0.1, 0.15) is 17.9 Å². The summed E-state index contributed by atoms with van der Waals surface area (Å²) in [6.45, 7) is 4.53. The summed E-state index contributed by atoms with van der Waals surface area (Å²) in [5.74, 6) is 1.43. The lowest BCUT2D eigenvalue weighted by Gasteiger charge is -2.29. The highest BCUT2D eigenvalue weighted by Crippen LogP contribution is 2.34. The van der Waals surface area contributed by atoms with Gasteiger partial charge in [-0.05, 0) is 54.6 Å². The standard InChI is InChI=1S/C14H15IN4O2/c1-9(2)19-13(16-8-17-19)6-18-11-4-3-10(15)5-12(11)21-7-14(18)20/h3-5,8-9H,6-7H2,1-2H3. The van der Waals surface area contributed by atoms with Crippen LogP contribution >= 0.6 is 22.6 Å². The van der Waals surface area contributed by atoms with Gasteiger partial charge in [0.05, 0.1) is 12.2 Å². The molecule has 7 heteroatoms. The van der Waals surface area contributed by atoms with Crippen LogP contribution in [0.3, 0.4) is 0 Å². The predicted octanol–water partition coefficient (Wildman–Crippen LogP) is 2.39. The van der Waals surface area contributed by atoms with E-state index in [1.807, 2.05) is 36.7 Å². The van der Waals surface area contributed by atoms with Crippen LogP contribution in [0.15, 0.2) is 24.5 Å². The Hall–Kier alpha value is -1.64. The average molecular weight is 398 g/mol. The molecule has 1 aliphatic rings. The van der Waals surface area contributed by atoms with Gasteiger partial charge in [0, 0.05) is 9.61 Å². The molecule has 0 N–H and O–H groups in total. The molecule has 21 heavy (non-hydrogen) atoms. The maximum atomic E-state index is 12.2. The maximum Gasteiger partial charge on any atom is 0.265 e. The highest BCUT2D eigenvalue weighted by atomic mass is 127. The zero-order chi connectivity index (χ0) is 15.0. The number of carbonyl (C=O) groups excluding carboxylic acids is 1. The van der Waals surface area contributed by atoms with Crippen molar-refractivity contribution in [1.82, 2.24) is 14.8 Å². The van der Waals surface area contributed by atoms with Gasteiger partial charge >= 0.3 is 0 Å². The van der Waals surface area contributed by atoms with E-state index in [1.165, 1.54) is 6.33 Å². The third-order valence-electron chi connectivity index (χ3n) is 3.30. The Morgan fingerprint density at radius 3 is 3.00 bits per heavy atom. The fraction of sp³-hybridized carbons (Fsp3) is 0.357. The zero-order valence-corrected chi connectivity index (χ0v) is 13.9. The minimum atomic E-state index is -0.0676. The van der Waals surface area contributed by atoms with Crippen LogP contribution in [0.1, 0.15) is 25.7 Å². The molecule has 0 unspecified atom stereocenters. The summed E-state index contributed by atoms with van der Waals surface area (Å²) in [6, 6.07) is 6.00. The summed E-state index contributed by atoms with van der Waals surface area (Å²) in [5, 5.41) is 4.21. The van der Waals surface area contributed by atoms with Crippen molar-refractivity contribution in [3.8, 4) is 5.75 Å². The van der Waals surface area contributed by atoms with Crippen molar-refractivity contribution in [3.63, 3.8) is 0 Å². The van der Waals surface area contributed by atoms with Gasteiger partial charge < -0.3 is 4.74 Å². The number of hydrogen-bond donors (Lipinski definition) is 0. The van der Waals surface area contributed by atoms with E-state index in [-0.39, 0.29) is 18.6 Å². The summed E-state index contributed by atoms with van der Waals surface area (Å²) < 4.78 is 8.41. The number of amides is 1. The van der Waals surface area contributed by atoms with Gasteiger partial charge in [0.25, 0.3) is 5.91 Å². The molecular formula is C14H15IN4O2. The molecule has 1 amide bonds. The van der Waals surface area contributed by atoms with Crippen LogP contribution in [0.5, 0.6) is 5.75 Å². The Morgan fingerprint density at radius 1 is 1.43 bits per heavy atom. The average Bonchev–Trinajstić information content (AvgIpc) is 2.90. The van der Waals surface area contributed by atoms with Crippen LogP contribution in [0.4, 0.5) is 5.69 Å². The summed E-state index contributed by atoms with van der Waals surface area (Å²) >= 11 is 2.22. The number of rotatable bonds is 3. The van der Waals surface area contributed by atoms with Crippen molar-refractivity contribution >= 4 is 34.2 Å². The highest BCUT2D eigenvalue weighted by molar-refractivity contribution is 14.1. The second-order valence-corrected chi connectivity index (χ2v) is 6.34. The van der Waals surface area contributed by atoms with Gasteiger partial charge in [-0.15, -0.1) is 0 Å². The van der Waals surface area contributed by atoms with Crippen LogP contribution in [0.25, 0.3) is 0 Å². The maximum absolute atomic E-state index is 12.2. The Balaban J connectivity index is 1.95.